The van der Waals surface area contributed by atoms with Crippen molar-refractivity contribution < 1.29 is 14.8 Å². The number of nitrogens with one attached hydrogen (secondary N) is 1. The third kappa shape index (κ3) is 3.09. The minimum atomic E-state index is -1.12. The molecule has 108 valence electrons. The predicted octanol–water partition coefficient (Wildman–Crippen LogP) is 2.18. The number of benzene rings is 1. The zero-order valence-electron chi connectivity index (χ0n) is 12.1. The number of halogens is 1. The highest BCUT2D eigenvalue weighted by atomic mass is 79.9. The lowest BCUT2D eigenvalue weighted by Gasteiger charge is -2.38. The highest BCUT2D eigenvalue weighted by Crippen LogP contribution is 2.25. The van der Waals surface area contributed by atoms with Crippen molar-refractivity contribution in [3.05, 3.63) is 28.7 Å². The van der Waals surface area contributed by atoms with Gasteiger partial charge in [0.15, 0.2) is 0 Å². The first kappa shape index (κ1) is 15.6. The highest BCUT2D eigenvalue weighted by Gasteiger charge is 2.39. The fraction of sp³-hybridized carbons (Fsp3) is 0.429. The van der Waals surface area contributed by atoms with E-state index in [0.29, 0.717) is 5.59 Å². The maximum Gasteiger partial charge on any atom is 0.508 e. The Balaban J connectivity index is 2.25. The first-order chi connectivity index (χ1) is 9.10. The smallest absolute Gasteiger partial charge is 0.422 e. The van der Waals surface area contributed by atoms with Crippen LogP contribution < -0.4 is 5.59 Å². The predicted molar refractivity (Wildman–Crippen MR) is 85.1 cm³/mol. The molecule has 3 N–H and O–H groups in total. The Morgan fingerprint density at radius 3 is 2.45 bits per heavy atom. The van der Waals surface area contributed by atoms with Crippen molar-refractivity contribution >= 4 is 39.5 Å². The summed E-state index contributed by atoms with van der Waals surface area (Å²) in [7, 11) is -1.12. The summed E-state index contributed by atoms with van der Waals surface area (Å²) < 4.78 is 6.59. The Kier molecular flexibility index (Phi) is 4.04. The molecule has 2 aromatic rings. The van der Waals surface area contributed by atoms with Crippen LogP contribution in [-0.4, -0.2) is 33.4 Å². The summed E-state index contributed by atoms with van der Waals surface area (Å²) in [4.78, 5) is 3.12. The van der Waals surface area contributed by atoms with Crippen LogP contribution in [0.1, 0.15) is 27.7 Å². The standard InChI is InChI=1S/C14H19BBrNO3/c1-13(2,18)14(3,4)20-15(19)12-8-9-7-10(16)5-6-11(9)17-12/h5-8,17-19H,1-4H3. The molecule has 20 heavy (non-hydrogen) atoms. The van der Waals surface area contributed by atoms with Gasteiger partial charge in [0.2, 0.25) is 0 Å². The van der Waals surface area contributed by atoms with Crippen LogP contribution in [0.5, 0.6) is 0 Å². The summed E-state index contributed by atoms with van der Waals surface area (Å²) in [6.07, 6.45) is 0. The third-order valence-electron chi connectivity index (χ3n) is 3.75. The Bertz CT molecular complexity index is 618. The molecule has 1 aromatic carbocycles. The number of hydrogen-bond acceptors (Lipinski definition) is 3. The molecule has 0 radical (unpaired) electrons. The Labute approximate surface area is 127 Å². The number of hydrogen-bond donors (Lipinski definition) is 3. The van der Waals surface area contributed by atoms with E-state index in [1.54, 1.807) is 27.7 Å². The minimum Gasteiger partial charge on any atom is -0.422 e. The lowest BCUT2D eigenvalue weighted by Crippen LogP contribution is -2.53. The molecule has 0 saturated carbocycles. The Morgan fingerprint density at radius 2 is 1.85 bits per heavy atom. The lowest BCUT2D eigenvalue weighted by molar-refractivity contribution is -0.0983. The fourth-order valence-electron chi connectivity index (χ4n) is 1.75. The van der Waals surface area contributed by atoms with Crippen molar-refractivity contribution in [3.63, 3.8) is 0 Å². The van der Waals surface area contributed by atoms with Crippen molar-refractivity contribution in [2.24, 2.45) is 0 Å². The van der Waals surface area contributed by atoms with E-state index in [9.17, 15) is 10.1 Å². The second-order valence-corrected chi connectivity index (χ2v) is 6.91. The molecule has 0 aliphatic heterocycles. The van der Waals surface area contributed by atoms with E-state index in [-0.39, 0.29) is 0 Å². The number of rotatable bonds is 4. The molecule has 0 aliphatic rings. The number of aromatic nitrogens is 1. The number of aliphatic hydroxyl groups is 1. The van der Waals surface area contributed by atoms with E-state index in [4.69, 9.17) is 4.65 Å². The molecule has 6 heteroatoms. The maximum atomic E-state index is 10.2. The van der Waals surface area contributed by atoms with Crippen LogP contribution >= 0.6 is 15.9 Å². The lowest BCUT2D eigenvalue weighted by atomic mass is 9.80. The summed E-state index contributed by atoms with van der Waals surface area (Å²) >= 11 is 3.41. The Hall–Kier alpha value is -0.815. The molecule has 0 aliphatic carbocycles. The molecule has 0 spiro atoms. The van der Waals surface area contributed by atoms with Crippen molar-refractivity contribution in [2.75, 3.05) is 0 Å². The van der Waals surface area contributed by atoms with E-state index in [1.807, 2.05) is 24.3 Å². The van der Waals surface area contributed by atoms with Gasteiger partial charge in [0.25, 0.3) is 0 Å². The van der Waals surface area contributed by atoms with Gasteiger partial charge in [-0.25, -0.2) is 0 Å². The topological polar surface area (TPSA) is 65.5 Å². The van der Waals surface area contributed by atoms with Crippen molar-refractivity contribution in [3.8, 4) is 0 Å². The van der Waals surface area contributed by atoms with Crippen molar-refractivity contribution in [1.82, 2.24) is 4.98 Å². The number of H-pyrrole nitrogens is 1. The zero-order chi connectivity index (χ0) is 15.1. The largest absolute Gasteiger partial charge is 0.508 e. The first-order valence-corrected chi connectivity index (χ1v) is 7.26. The maximum absolute atomic E-state index is 10.2. The first-order valence-electron chi connectivity index (χ1n) is 6.46. The van der Waals surface area contributed by atoms with Crippen LogP contribution in [0.3, 0.4) is 0 Å². The van der Waals surface area contributed by atoms with Gasteiger partial charge in [-0.2, -0.15) is 0 Å². The average molecular weight is 340 g/mol. The normalized spacial score (nSPS) is 12.9. The summed E-state index contributed by atoms with van der Waals surface area (Å²) in [5, 5.41) is 21.3. The van der Waals surface area contributed by atoms with Crippen LogP contribution in [0.25, 0.3) is 10.9 Å². The molecular weight excluding hydrogens is 321 g/mol. The van der Waals surface area contributed by atoms with Gasteiger partial charge in [0, 0.05) is 21.0 Å². The molecule has 2 rings (SSSR count). The second-order valence-electron chi connectivity index (χ2n) is 6.00. The van der Waals surface area contributed by atoms with E-state index in [0.717, 1.165) is 15.4 Å². The van der Waals surface area contributed by atoms with E-state index >= 15 is 0 Å². The highest BCUT2D eigenvalue weighted by molar-refractivity contribution is 9.10. The minimum absolute atomic E-state index is 0.565. The van der Waals surface area contributed by atoms with E-state index in [2.05, 4.69) is 20.9 Å². The quantitative estimate of drug-likeness (QED) is 0.748. The number of aromatic amines is 1. The van der Waals surface area contributed by atoms with Gasteiger partial charge < -0.3 is 19.8 Å². The van der Waals surface area contributed by atoms with Gasteiger partial charge in [0.05, 0.1) is 11.2 Å². The van der Waals surface area contributed by atoms with Gasteiger partial charge in [-0.1, -0.05) is 15.9 Å². The summed E-state index contributed by atoms with van der Waals surface area (Å²) in [5.74, 6) is 0. The van der Waals surface area contributed by atoms with Gasteiger partial charge in [-0.15, -0.1) is 0 Å². The second kappa shape index (κ2) is 5.18. The van der Waals surface area contributed by atoms with Gasteiger partial charge >= 0.3 is 7.12 Å². The van der Waals surface area contributed by atoms with E-state index < -0.39 is 18.3 Å². The monoisotopic (exact) mass is 339 g/mol. The molecule has 0 amide bonds. The molecule has 0 atom stereocenters. The van der Waals surface area contributed by atoms with Crippen molar-refractivity contribution in [2.45, 2.75) is 38.9 Å². The van der Waals surface area contributed by atoms with Gasteiger partial charge in [-0.05, 0) is 52.0 Å². The van der Waals surface area contributed by atoms with Crippen molar-refractivity contribution in [1.29, 1.82) is 0 Å². The molecule has 0 unspecified atom stereocenters. The fourth-order valence-corrected chi connectivity index (χ4v) is 2.12. The SMILES string of the molecule is CC(C)(O)C(C)(C)OB(O)c1cc2cc(Br)ccc2[nH]1. The molecule has 1 aromatic heterocycles. The van der Waals surface area contributed by atoms with Gasteiger partial charge in [0.1, 0.15) is 0 Å². The molecule has 0 bridgehead atoms. The molecular formula is C14H19BBrNO3. The molecule has 0 fully saturated rings. The average Bonchev–Trinajstić information content (AvgIpc) is 2.69. The van der Waals surface area contributed by atoms with Gasteiger partial charge in [-0.3, -0.25) is 0 Å². The molecule has 4 nitrogen and oxygen atoms in total. The zero-order valence-corrected chi connectivity index (χ0v) is 13.7. The van der Waals surface area contributed by atoms with Crippen LogP contribution in [0.4, 0.5) is 0 Å². The molecule has 0 saturated heterocycles. The van der Waals surface area contributed by atoms with Crippen LogP contribution in [0.2, 0.25) is 0 Å². The van der Waals surface area contributed by atoms with Crippen LogP contribution in [0, 0.1) is 0 Å². The summed E-state index contributed by atoms with van der Waals surface area (Å²) in [5.41, 5.74) is -0.463. The summed E-state index contributed by atoms with van der Waals surface area (Å²) in [6.45, 7) is 6.80. The van der Waals surface area contributed by atoms with E-state index in [1.165, 1.54) is 0 Å². The summed E-state index contributed by atoms with van der Waals surface area (Å²) in [6, 6.07) is 7.65. The number of fused-ring (bicyclic) bond motifs is 1. The molecule has 1 heterocycles. The van der Waals surface area contributed by atoms with Crippen LogP contribution in [0.15, 0.2) is 28.7 Å². The Morgan fingerprint density at radius 1 is 1.20 bits per heavy atom. The van der Waals surface area contributed by atoms with Crippen LogP contribution in [-0.2, 0) is 4.65 Å². The third-order valence-corrected chi connectivity index (χ3v) is 4.24.